The number of hydrogen-bond donors (Lipinski definition) is 3. The number of aliphatic hydroxyl groups is 2. The van der Waals surface area contributed by atoms with Gasteiger partial charge in [-0.25, -0.2) is 0 Å². The van der Waals surface area contributed by atoms with Crippen molar-refractivity contribution in [1.82, 2.24) is 5.32 Å². The van der Waals surface area contributed by atoms with Crippen molar-refractivity contribution in [3.63, 3.8) is 0 Å². The second-order valence-electron chi connectivity index (χ2n) is 4.14. The van der Waals surface area contributed by atoms with Crippen LogP contribution < -0.4 is 5.32 Å². The number of amides is 1. The third-order valence-corrected chi connectivity index (χ3v) is 2.90. The molecule has 0 bridgehead atoms. The van der Waals surface area contributed by atoms with E-state index in [1.165, 1.54) is 0 Å². The summed E-state index contributed by atoms with van der Waals surface area (Å²) in [6.45, 7) is 0.834. The zero-order valence-corrected chi connectivity index (χ0v) is 10.3. The topological polar surface area (TPSA) is 69.6 Å². The highest BCUT2D eigenvalue weighted by Gasteiger charge is 2.28. The predicted octanol–water partition coefficient (Wildman–Crippen LogP) is 0.826. The van der Waals surface area contributed by atoms with Crippen molar-refractivity contribution in [2.24, 2.45) is 0 Å². The van der Waals surface area contributed by atoms with Crippen LogP contribution in [0.3, 0.4) is 0 Å². The first kappa shape index (κ1) is 14.0. The number of halogens is 1. The number of benzene rings is 1. The minimum atomic E-state index is -1.06. The van der Waals surface area contributed by atoms with E-state index >= 15 is 0 Å². The largest absolute Gasteiger partial charge is 0.394 e. The molecule has 1 unspecified atom stereocenters. The summed E-state index contributed by atoms with van der Waals surface area (Å²) in [5.41, 5.74) is -0.385. The van der Waals surface area contributed by atoms with Gasteiger partial charge in [-0.15, -0.1) is 11.6 Å². The van der Waals surface area contributed by atoms with E-state index in [0.717, 1.165) is 0 Å². The number of carbonyl (C=O) groups is 1. The Morgan fingerprint density at radius 2 is 1.88 bits per heavy atom. The Morgan fingerprint density at radius 3 is 2.35 bits per heavy atom. The lowest BCUT2D eigenvalue weighted by Gasteiger charge is -2.27. The van der Waals surface area contributed by atoms with E-state index < -0.39 is 16.8 Å². The van der Waals surface area contributed by atoms with Gasteiger partial charge in [0, 0.05) is 0 Å². The van der Waals surface area contributed by atoms with Gasteiger partial charge in [0.15, 0.2) is 0 Å². The number of nitrogens with one attached hydrogen (secondary N) is 1. The summed E-state index contributed by atoms with van der Waals surface area (Å²) in [4.78, 5) is 11.8. The molecule has 0 aliphatic rings. The summed E-state index contributed by atoms with van der Waals surface area (Å²) in [7, 11) is 0. The summed E-state index contributed by atoms with van der Waals surface area (Å²) in [6, 6.07) is 8.89. The number of hydrogen-bond acceptors (Lipinski definition) is 3. The zero-order chi connectivity index (χ0) is 12.9. The van der Waals surface area contributed by atoms with Gasteiger partial charge in [-0.3, -0.25) is 4.79 Å². The van der Waals surface area contributed by atoms with E-state index in [9.17, 15) is 4.79 Å². The third-order valence-electron chi connectivity index (χ3n) is 2.45. The quantitative estimate of drug-likeness (QED) is 0.685. The summed E-state index contributed by atoms with van der Waals surface area (Å²) >= 11 is 6.00. The third kappa shape index (κ3) is 3.70. The summed E-state index contributed by atoms with van der Waals surface area (Å²) in [6.07, 6.45) is 0. The second kappa shape index (κ2) is 6.00. The molecule has 4 nitrogen and oxygen atoms in total. The van der Waals surface area contributed by atoms with Crippen LogP contribution in [-0.4, -0.2) is 34.9 Å². The van der Waals surface area contributed by atoms with E-state index in [1.54, 1.807) is 31.2 Å². The van der Waals surface area contributed by atoms with Crippen LogP contribution in [0.1, 0.15) is 17.9 Å². The Balaban J connectivity index is 2.71. The van der Waals surface area contributed by atoms with Crippen molar-refractivity contribution in [2.75, 3.05) is 13.2 Å². The molecule has 1 atom stereocenters. The van der Waals surface area contributed by atoms with Gasteiger partial charge in [0.05, 0.1) is 18.8 Å². The number of aliphatic hydroxyl groups excluding tert-OH is 2. The fourth-order valence-electron chi connectivity index (χ4n) is 1.26. The number of rotatable bonds is 5. The number of carbonyl (C=O) groups excluding carboxylic acids is 1. The molecule has 0 radical (unpaired) electrons. The molecule has 5 heteroatoms. The van der Waals surface area contributed by atoms with E-state index in [-0.39, 0.29) is 13.2 Å². The summed E-state index contributed by atoms with van der Waals surface area (Å²) in [5, 5.41) is 19.8. The molecule has 17 heavy (non-hydrogen) atoms. The normalized spacial score (nSPS) is 13.2. The number of alkyl halides is 1. The lowest BCUT2D eigenvalue weighted by molar-refractivity contribution is -0.123. The molecule has 3 N–H and O–H groups in total. The van der Waals surface area contributed by atoms with Crippen molar-refractivity contribution < 1.29 is 15.0 Å². The van der Waals surface area contributed by atoms with Crippen LogP contribution in [0.15, 0.2) is 30.3 Å². The maximum absolute atomic E-state index is 11.8. The molecule has 1 aromatic carbocycles. The molecule has 0 saturated carbocycles. The van der Waals surface area contributed by atoms with E-state index in [2.05, 4.69) is 5.32 Å². The fourth-order valence-corrected chi connectivity index (χ4v) is 1.46. The van der Waals surface area contributed by atoms with E-state index in [4.69, 9.17) is 21.8 Å². The lowest BCUT2D eigenvalue weighted by atomic mass is 10.0. The van der Waals surface area contributed by atoms with Crippen molar-refractivity contribution in [2.45, 2.75) is 17.8 Å². The summed E-state index contributed by atoms with van der Waals surface area (Å²) < 4.78 is 0. The van der Waals surface area contributed by atoms with Gasteiger partial charge in [0.1, 0.15) is 5.38 Å². The summed E-state index contributed by atoms with van der Waals surface area (Å²) in [5.74, 6) is -0.441. The molecule has 0 heterocycles. The fraction of sp³-hybridized carbons (Fsp3) is 0.417. The second-order valence-corrected chi connectivity index (χ2v) is 4.58. The minimum Gasteiger partial charge on any atom is -0.394 e. The molecule has 0 fully saturated rings. The van der Waals surface area contributed by atoms with Gasteiger partial charge < -0.3 is 15.5 Å². The Labute approximate surface area is 105 Å². The van der Waals surface area contributed by atoms with Crippen molar-refractivity contribution >= 4 is 17.5 Å². The maximum atomic E-state index is 11.8. The first-order valence-electron chi connectivity index (χ1n) is 5.25. The Bertz CT molecular complexity index is 365. The van der Waals surface area contributed by atoms with Crippen LogP contribution in [0.4, 0.5) is 0 Å². The smallest absolute Gasteiger partial charge is 0.243 e. The average Bonchev–Trinajstić information content (AvgIpc) is 2.38. The standard InChI is InChI=1S/C12H16ClNO3/c1-12(7-15,8-16)14-11(17)10(13)9-5-3-2-4-6-9/h2-6,10,15-16H,7-8H2,1H3,(H,14,17). The van der Waals surface area contributed by atoms with Crippen molar-refractivity contribution in [3.8, 4) is 0 Å². The first-order chi connectivity index (χ1) is 8.02. The van der Waals surface area contributed by atoms with Crippen molar-refractivity contribution in [1.29, 1.82) is 0 Å². The first-order valence-corrected chi connectivity index (χ1v) is 5.69. The molecule has 0 spiro atoms. The molecule has 0 saturated heterocycles. The Morgan fingerprint density at radius 1 is 1.35 bits per heavy atom. The van der Waals surface area contributed by atoms with Crippen LogP contribution in [-0.2, 0) is 4.79 Å². The van der Waals surface area contributed by atoms with Gasteiger partial charge in [-0.1, -0.05) is 30.3 Å². The van der Waals surface area contributed by atoms with E-state index in [0.29, 0.717) is 5.56 Å². The highest BCUT2D eigenvalue weighted by Crippen LogP contribution is 2.21. The maximum Gasteiger partial charge on any atom is 0.243 e. The molecule has 94 valence electrons. The van der Waals surface area contributed by atoms with Gasteiger partial charge in [-0.2, -0.15) is 0 Å². The monoisotopic (exact) mass is 257 g/mol. The van der Waals surface area contributed by atoms with Crippen LogP contribution >= 0.6 is 11.6 Å². The van der Waals surface area contributed by atoms with Gasteiger partial charge in [0.25, 0.3) is 0 Å². The molecule has 1 amide bonds. The molecule has 0 aliphatic carbocycles. The molecule has 0 aromatic heterocycles. The van der Waals surface area contributed by atoms with Crippen LogP contribution in [0.2, 0.25) is 0 Å². The molecular formula is C12H16ClNO3. The van der Waals surface area contributed by atoms with Crippen LogP contribution in [0, 0.1) is 0 Å². The zero-order valence-electron chi connectivity index (χ0n) is 9.56. The highest BCUT2D eigenvalue weighted by atomic mass is 35.5. The Kier molecular flexibility index (Phi) is 4.93. The van der Waals surface area contributed by atoms with Crippen molar-refractivity contribution in [3.05, 3.63) is 35.9 Å². The van der Waals surface area contributed by atoms with Crippen LogP contribution in [0.5, 0.6) is 0 Å². The predicted molar refractivity (Wildman–Crippen MR) is 65.8 cm³/mol. The SMILES string of the molecule is CC(CO)(CO)NC(=O)C(Cl)c1ccccc1. The minimum absolute atomic E-state index is 0.354. The molecular weight excluding hydrogens is 242 g/mol. The average molecular weight is 258 g/mol. The molecule has 1 aromatic rings. The van der Waals surface area contributed by atoms with Crippen LogP contribution in [0.25, 0.3) is 0 Å². The molecule has 1 rings (SSSR count). The highest BCUT2D eigenvalue weighted by molar-refractivity contribution is 6.30. The lowest BCUT2D eigenvalue weighted by Crippen LogP contribution is -2.52. The van der Waals surface area contributed by atoms with E-state index in [1.807, 2.05) is 6.07 Å². The van der Waals surface area contributed by atoms with Gasteiger partial charge in [0.2, 0.25) is 5.91 Å². The van der Waals surface area contributed by atoms with Gasteiger partial charge >= 0.3 is 0 Å². The molecule has 0 aliphatic heterocycles. The van der Waals surface area contributed by atoms with Gasteiger partial charge in [-0.05, 0) is 12.5 Å². The Hall–Kier alpha value is -1.10.